The Morgan fingerprint density at radius 3 is 2.26 bits per heavy atom. The smallest absolute Gasteiger partial charge is 0.255 e. The Kier molecular flexibility index (Phi) is 17.0. The zero-order valence-corrected chi connectivity index (χ0v) is 36.3. The summed E-state index contributed by atoms with van der Waals surface area (Å²) >= 11 is 1.58. The monoisotopic (exact) mass is 853 g/mol. The number of aryl methyl sites for hydroxylation is 1. The van der Waals surface area contributed by atoms with Crippen molar-refractivity contribution in [2.45, 2.75) is 104 Å². The number of hydrogen-bond acceptors (Lipinski definition) is 10. The van der Waals surface area contributed by atoms with Gasteiger partial charge in [-0.05, 0) is 72.7 Å². The Morgan fingerprint density at radius 1 is 0.902 bits per heavy atom. The fourth-order valence-corrected chi connectivity index (χ4v) is 7.89. The van der Waals surface area contributed by atoms with Crippen LogP contribution in [0.15, 0.2) is 78.3 Å². The Bertz CT molecular complexity index is 2100. The van der Waals surface area contributed by atoms with Crippen LogP contribution >= 0.6 is 11.3 Å². The van der Waals surface area contributed by atoms with Gasteiger partial charge >= 0.3 is 0 Å². The van der Waals surface area contributed by atoms with Gasteiger partial charge in [0.05, 0.1) is 33.6 Å². The molecule has 1 saturated heterocycles. The average molecular weight is 854 g/mol. The van der Waals surface area contributed by atoms with Crippen molar-refractivity contribution in [2.24, 2.45) is 5.41 Å². The maximum absolute atomic E-state index is 13.9. The molecule has 0 radical (unpaired) electrons. The average Bonchev–Trinajstić information content (AvgIpc) is 3.85. The third-order valence-electron chi connectivity index (χ3n) is 10.5. The number of aromatic nitrogens is 1. The Labute approximate surface area is 362 Å². The fourth-order valence-electron chi connectivity index (χ4n) is 7.08. The van der Waals surface area contributed by atoms with Crippen LogP contribution in [-0.4, -0.2) is 82.5 Å². The van der Waals surface area contributed by atoms with Crippen molar-refractivity contribution >= 4 is 57.9 Å². The van der Waals surface area contributed by atoms with E-state index in [1.807, 2.05) is 57.5 Å². The summed E-state index contributed by atoms with van der Waals surface area (Å²) in [5.41, 5.74) is 12.0. The molecule has 15 heteroatoms. The first kappa shape index (κ1) is 46.4. The number of β-amino-alcohol motifs (C(OH)–C–C–N with tert-alkyl or cyclic N) is 1. The fraction of sp³-hybridized carbons (Fsp3) is 0.435. The summed E-state index contributed by atoms with van der Waals surface area (Å²) in [7, 11) is 0. The lowest BCUT2D eigenvalue weighted by Crippen LogP contribution is -2.57. The topological polar surface area (TPSA) is 205 Å². The molecule has 1 aromatic heterocycles. The van der Waals surface area contributed by atoms with Crippen LogP contribution < -0.4 is 27.0 Å². The SMILES string of the molecule is Cc1ncsc1-c1ccc(CNC(=O)[C@@H]2C[C@@H](O)CN2C(=O)[C@@H](NC(=O)CCCCCCCCOCC(=O)Nc2ccc(C(=O)Nc3ccccc3N)cc2)C(C)(C)C)cc1. The molecule has 1 fully saturated rings. The van der Waals surface area contributed by atoms with Gasteiger partial charge in [-0.25, -0.2) is 4.98 Å². The summed E-state index contributed by atoms with van der Waals surface area (Å²) in [5.74, 6) is -1.55. The zero-order chi connectivity index (χ0) is 43.9. The maximum Gasteiger partial charge on any atom is 0.255 e. The van der Waals surface area contributed by atoms with Crippen LogP contribution in [0.1, 0.15) is 93.8 Å². The molecule has 1 aliphatic rings. The van der Waals surface area contributed by atoms with Gasteiger partial charge in [-0.1, -0.05) is 82.9 Å². The zero-order valence-electron chi connectivity index (χ0n) is 35.5. The highest BCUT2D eigenvalue weighted by Crippen LogP contribution is 2.29. The van der Waals surface area contributed by atoms with Crippen LogP contribution in [-0.2, 0) is 30.5 Å². The summed E-state index contributed by atoms with van der Waals surface area (Å²) in [4.78, 5) is 72.1. The summed E-state index contributed by atoms with van der Waals surface area (Å²) in [6.07, 6.45) is 4.66. The van der Waals surface area contributed by atoms with Gasteiger partial charge in [-0.15, -0.1) is 11.3 Å². The van der Waals surface area contributed by atoms with E-state index in [1.165, 1.54) is 4.90 Å². The molecule has 0 unspecified atom stereocenters. The minimum Gasteiger partial charge on any atom is -0.397 e. The number of aliphatic hydroxyl groups is 1. The van der Waals surface area contributed by atoms with Gasteiger partial charge in [-0.2, -0.15) is 0 Å². The number of nitrogens with zero attached hydrogens (tertiary/aromatic N) is 2. The van der Waals surface area contributed by atoms with E-state index in [1.54, 1.807) is 59.9 Å². The number of nitrogens with one attached hydrogen (secondary N) is 4. The van der Waals surface area contributed by atoms with Gasteiger partial charge in [0.1, 0.15) is 18.7 Å². The number of aliphatic hydroxyl groups excluding tert-OH is 1. The number of amides is 5. The Hall–Kier alpha value is -5.64. The first-order valence-corrected chi connectivity index (χ1v) is 21.8. The van der Waals surface area contributed by atoms with Crippen LogP contribution in [0.2, 0.25) is 0 Å². The summed E-state index contributed by atoms with van der Waals surface area (Å²) in [6, 6.07) is 19.7. The lowest BCUT2D eigenvalue weighted by molar-refractivity contribution is -0.144. The largest absolute Gasteiger partial charge is 0.397 e. The molecule has 0 saturated carbocycles. The molecule has 0 aliphatic carbocycles. The number of unbranched alkanes of at least 4 members (excludes halogenated alkanes) is 5. The van der Waals surface area contributed by atoms with Crippen LogP contribution in [0.5, 0.6) is 0 Å². The minimum atomic E-state index is -0.870. The highest BCUT2D eigenvalue weighted by atomic mass is 32.1. The number of nitrogens with two attached hydrogens (primary N) is 1. The van der Waals surface area contributed by atoms with Crippen molar-refractivity contribution in [1.82, 2.24) is 20.5 Å². The molecule has 1 aliphatic heterocycles. The van der Waals surface area contributed by atoms with Gasteiger partial charge in [0.2, 0.25) is 23.6 Å². The normalized spacial score (nSPS) is 15.5. The number of hydrogen-bond donors (Lipinski definition) is 6. The van der Waals surface area contributed by atoms with E-state index in [-0.39, 0.29) is 62.1 Å². The molecule has 14 nitrogen and oxygen atoms in total. The molecular weight excluding hydrogens is 795 g/mol. The predicted molar refractivity (Wildman–Crippen MR) is 239 cm³/mol. The van der Waals surface area contributed by atoms with Crippen molar-refractivity contribution in [3.63, 3.8) is 0 Å². The molecule has 3 aromatic carbocycles. The number of ether oxygens (including phenoxy) is 1. The number of thiazole rings is 1. The number of carbonyl (C=O) groups is 5. The third-order valence-corrected chi connectivity index (χ3v) is 11.5. The Balaban J connectivity index is 0.945. The summed E-state index contributed by atoms with van der Waals surface area (Å²) in [5, 5.41) is 21.9. The summed E-state index contributed by atoms with van der Waals surface area (Å²) < 4.78 is 5.55. The molecule has 5 amide bonds. The van der Waals surface area contributed by atoms with E-state index in [0.29, 0.717) is 35.7 Å². The maximum atomic E-state index is 13.9. The number of carbonyl (C=O) groups excluding carboxylic acids is 5. The second-order valence-corrected chi connectivity index (χ2v) is 17.4. The molecule has 5 rings (SSSR count). The van der Waals surface area contributed by atoms with Gasteiger partial charge in [0.15, 0.2) is 0 Å². The molecular formula is C46H59N7O7S. The second-order valence-electron chi connectivity index (χ2n) is 16.5. The van der Waals surface area contributed by atoms with Gasteiger partial charge in [-0.3, -0.25) is 24.0 Å². The molecule has 0 spiro atoms. The highest BCUT2D eigenvalue weighted by molar-refractivity contribution is 7.13. The number of para-hydroxylation sites is 2. The van der Waals surface area contributed by atoms with E-state index < -0.39 is 23.6 Å². The molecule has 3 atom stereocenters. The van der Waals surface area contributed by atoms with Crippen molar-refractivity contribution in [1.29, 1.82) is 0 Å². The van der Waals surface area contributed by atoms with Crippen LogP contribution in [0.4, 0.5) is 17.1 Å². The number of benzene rings is 3. The number of likely N-dealkylation sites (tertiary alicyclic amines) is 1. The molecule has 326 valence electrons. The van der Waals surface area contributed by atoms with Crippen LogP contribution in [0.3, 0.4) is 0 Å². The first-order valence-electron chi connectivity index (χ1n) is 20.9. The molecule has 0 bridgehead atoms. The van der Waals surface area contributed by atoms with Crippen molar-refractivity contribution in [3.8, 4) is 10.4 Å². The highest BCUT2D eigenvalue weighted by Gasteiger charge is 2.44. The summed E-state index contributed by atoms with van der Waals surface area (Å²) in [6.45, 7) is 8.24. The van der Waals surface area contributed by atoms with Crippen molar-refractivity contribution in [2.75, 3.05) is 36.1 Å². The van der Waals surface area contributed by atoms with E-state index in [0.717, 1.165) is 53.8 Å². The van der Waals surface area contributed by atoms with E-state index >= 15 is 0 Å². The predicted octanol–water partition coefficient (Wildman–Crippen LogP) is 6.45. The quantitative estimate of drug-likeness (QED) is 0.0427. The van der Waals surface area contributed by atoms with Crippen molar-refractivity contribution in [3.05, 3.63) is 95.1 Å². The van der Waals surface area contributed by atoms with E-state index in [2.05, 4.69) is 26.3 Å². The van der Waals surface area contributed by atoms with Crippen molar-refractivity contribution < 1.29 is 33.8 Å². The van der Waals surface area contributed by atoms with Gasteiger partial charge < -0.3 is 41.7 Å². The van der Waals surface area contributed by atoms with E-state index in [9.17, 15) is 29.1 Å². The van der Waals surface area contributed by atoms with Gasteiger partial charge in [0.25, 0.3) is 5.91 Å². The number of anilines is 3. The lowest BCUT2D eigenvalue weighted by atomic mass is 9.85. The molecule has 2 heterocycles. The van der Waals surface area contributed by atoms with Gasteiger partial charge in [0, 0.05) is 43.8 Å². The lowest BCUT2D eigenvalue weighted by Gasteiger charge is -2.35. The minimum absolute atomic E-state index is 0.0183. The number of rotatable bonds is 20. The third kappa shape index (κ3) is 13.9. The second kappa shape index (κ2) is 22.3. The Morgan fingerprint density at radius 2 is 1.59 bits per heavy atom. The standard InChI is InChI=1S/C46H59N7O7S/c1-30-41(61-29-49-30)32-18-16-31(17-19-32)26-48-44(58)38-25-35(54)27-53(38)45(59)42(46(2,3)4)52-39(55)15-9-7-5-6-8-12-24-60-28-40(56)50-34-22-20-33(21-23-34)43(57)51-37-14-11-10-13-36(37)47/h10-11,13-14,16-23,29,35,38,42,54H,5-9,12,15,24-28,47H2,1-4H3,(H,48,58)(H,50,56)(H,51,57)(H,52,55)/t35-,38+,42-/m1/s1. The molecule has 61 heavy (non-hydrogen) atoms. The van der Waals surface area contributed by atoms with E-state index in [4.69, 9.17) is 10.5 Å². The van der Waals surface area contributed by atoms with Crippen LogP contribution in [0, 0.1) is 12.3 Å². The number of nitrogen functional groups attached to an aromatic ring is 1. The van der Waals surface area contributed by atoms with Crippen LogP contribution in [0.25, 0.3) is 10.4 Å². The first-order chi connectivity index (χ1) is 29.2. The molecule has 7 N–H and O–H groups in total. The molecule has 4 aromatic rings.